The van der Waals surface area contributed by atoms with Crippen LogP contribution in [0.15, 0.2) is 54.6 Å². The van der Waals surface area contributed by atoms with Gasteiger partial charge in [0.1, 0.15) is 0 Å². The Morgan fingerprint density at radius 2 is 1.81 bits per heavy atom. The third-order valence-electron chi connectivity index (χ3n) is 7.23. The van der Waals surface area contributed by atoms with Gasteiger partial charge in [-0.05, 0) is 55.5 Å². The summed E-state index contributed by atoms with van der Waals surface area (Å²) in [5.41, 5.74) is 3.21. The first-order chi connectivity index (χ1) is 15.6. The Balaban J connectivity index is 1.32. The van der Waals surface area contributed by atoms with Gasteiger partial charge in [-0.15, -0.1) is 0 Å². The number of amides is 1. The lowest BCUT2D eigenvalue weighted by Crippen LogP contribution is -2.44. The first-order valence-corrected chi connectivity index (χ1v) is 11.8. The number of rotatable bonds is 9. The highest BCUT2D eigenvalue weighted by Crippen LogP contribution is 2.43. The smallest absolute Gasteiger partial charge is 0.337 e. The molecule has 1 heterocycles. The molecule has 1 saturated heterocycles. The van der Waals surface area contributed by atoms with Crippen LogP contribution in [0.3, 0.4) is 0 Å². The fourth-order valence-corrected chi connectivity index (χ4v) is 5.40. The van der Waals surface area contributed by atoms with Crippen molar-refractivity contribution < 1.29 is 14.3 Å². The van der Waals surface area contributed by atoms with E-state index in [0.717, 1.165) is 38.0 Å². The normalized spacial score (nSPS) is 20.0. The van der Waals surface area contributed by atoms with Gasteiger partial charge in [-0.3, -0.25) is 4.79 Å². The van der Waals surface area contributed by atoms with Crippen LogP contribution in [-0.4, -0.2) is 43.0 Å². The topological polar surface area (TPSA) is 58.6 Å². The lowest BCUT2D eigenvalue weighted by atomic mass is 9.78. The molecule has 2 fully saturated rings. The van der Waals surface area contributed by atoms with E-state index in [9.17, 15) is 9.59 Å². The van der Waals surface area contributed by atoms with Gasteiger partial charge in [0.15, 0.2) is 0 Å². The molecule has 1 saturated carbocycles. The third kappa shape index (κ3) is 5.04. The zero-order chi connectivity index (χ0) is 22.4. The summed E-state index contributed by atoms with van der Waals surface area (Å²) >= 11 is 0. The summed E-state index contributed by atoms with van der Waals surface area (Å²) < 4.78 is 4.75. The number of esters is 1. The molecule has 1 aliphatic carbocycles. The average molecular weight is 435 g/mol. The molecule has 32 heavy (non-hydrogen) atoms. The van der Waals surface area contributed by atoms with E-state index < -0.39 is 0 Å². The van der Waals surface area contributed by atoms with Crippen LogP contribution in [0.4, 0.5) is 0 Å². The van der Waals surface area contributed by atoms with E-state index in [1.807, 2.05) is 12.1 Å². The van der Waals surface area contributed by atoms with Crippen molar-refractivity contribution in [1.82, 2.24) is 10.2 Å². The van der Waals surface area contributed by atoms with Crippen LogP contribution in [0, 0.1) is 0 Å². The molecule has 2 aromatic carbocycles. The highest BCUT2D eigenvalue weighted by atomic mass is 16.5. The minimum atomic E-state index is -0.314. The molecule has 0 aromatic heterocycles. The molecule has 5 heteroatoms. The third-order valence-corrected chi connectivity index (χ3v) is 7.23. The SMILES string of the molecule is COC(=O)c1ccc(CNCC[C@@H]2CCC(=O)N2CC2(c3ccccc3)CCCC2)cc1. The number of hydrogen-bond donors (Lipinski definition) is 1. The van der Waals surface area contributed by atoms with E-state index >= 15 is 0 Å². The average Bonchev–Trinajstić information content (AvgIpc) is 3.45. The second-order valence-electron chi connectivity index (χ2n) is 9.22. The van der Waals surface area contributed by atoms with Gasteiger partial charge in [-0.25, -0.2) is 4.79 Å². The van der Waals surface area contributed by atoms with Gasteiger partial charge in [-0.2, -0.15) is 0 Å². The summed E-state index contributed by atoms with van der Waals surface area (Å²) in [5.74, 6) is 0.00152. The summed E-state index contributed by atoms with van der Waals surface area (Å²) in [7, 11) is 1.39. The van der Waals surface area contributed by atoms with Crippen LogP contribution >= 0.6 is 0 Å². The largest absolute Gasteiger partial charge is 0.465 e. The predicted molar refractivity (Wildman–Crippen MR) is 125 cm³/mol. The van der Waals surface area contributed by atoms with E-state index in [2.05, 4.69) is 40.5 Å². The lowest BCUT2D eigenvalue weighted by Gasteiger charge is -2.37. The summed E-state index contributed by atoms with van der Waals surface area (Å²) in [5, 5.41) is 3.51. The number of likely N-dealkylation sites (tertiary alicyclic amines) is 1. The standard InChI is InChI=1S/C27H34N2O3/c1-32-26(31)22-11-9-21(10-12-22)19-28-18-15-24-13-14-25(30)29(24)20-27(16-5-6-17-27)23-7-3-2-4-8-23/h2-4,7-12,24,28H,5-6,13-20H2,1H3/t24-/m0/s1. The highest BCUT2D eigenvalue weighted by molar-refractivity contribution is 5.89. The van der Waals surface area contributed by atoms with E-state index in [1.165, 1.54) is 38.4 Å². The molecule has 2 aliphatic rings. The molecule has 0 spiro atoms. The minimum absolute atomic E-state index is 0.119. The molecule has 1 aliphatic heterocycles. The van der Waals surface area contributed by atoms with Crippen LogP contribution in [0.25, 0.3) is 0 Å². The monoisotopic (exact) mass is 434 g/mol. The van der Waals surface area contributed by atoms with Crippen molar-refractivity contribution >= 4 is 11.9 Å². The predicted octanol–water partition coefficient (Wildman–Crippen LogP) is 4.46. The number of benzene rings is 2. The zero-order valence-corrected chi connectivity index (χ0v) is 19.0. The van der Waals surface area contributed by atoms with Gasteiger partial charge in [0.05, 0.1) is 12.7 Å². The van der Waals surface area contributed by atoms with Crippen molar-refractivity contribution in [2.45, 2.75) is 62.9 Å². The first kappa shape index (κ1) is 22.5. The number of nitrogens with one attached hydrogen (secondary N) is 1. The number of carbonyl (C=O) groups is 2. The number of carbonyl (C=O) groups excluding carboxylic acids is 2. The van der Waals surface area contributed by atoms with Crippen LogP contribution in [0.1, 0.15) is 66.4 Å². The summed E-state index contributed by atoms with van der Waals surface area (Å²) in [6.45, 7) is 2.47. The second-order valence-corrected chi connectivity index (χ2v) is 9.22. The van der Waals surface area contributed by atoms with Gasteiger partial charge in [0.25, 0.3) is 0 Å². The number of ether oxygens (including phenoxy) is 1. The molecule has 1 atom stereocenters. The molecule has 1 N–H and O–H groups in total. The molecule has 0 bridgehead atoms. The molecular weight excluding hydrogens is 400 g/mol. The molecule has 170 valence electrons. The minimum Gasteiger partial charge on any atom is -0.465 e. The molecule has 0 radical (unpaired) electrons. The van der Waals surface area contributed by atoms with Gasteiger partial charge >= 0.3 is 5.97 Å². The Morgan fingerprint density at radius 3 is 2.50 bits per heavy atom. The Kier molecular flexibility index (Phi) is 7.26. The Hall–Kier alpha value is -2.66. The van der Waals surface area contributed by atoms with Crippen molar-refractivity contribution in [2.24, 2.45) is 0 Å². The maximum absolute atomic E-state index is 12.8. The van der Waals surface area contributed by atoms with Gasteiger partial charge in [0, 0.05) is 31.0 Å². The molecule has 1 amide bonds. The van der Waals surface area contributed by atoms with Crippen molar-refractivity contribution in [2.75, 3.05) is 20.2 Å². The molecular formula is C27H34N2O3. The fraction of sp³-hybridized carbons (Fsp3) is 0.481. The molecule has 4 rings (SSSR count). The Labute approximate surface area is 191 Å². The van der Waals surface area contributed by atoms with Gasteiger partial charge < -0.3 is 15.0 Å². The number of methoxy groups -OCH3 is 1. The van der Waals surface area contributed by atoms with Crippen LogP contribution < -0.4 is 5.32 Å². The van der Waals surface area contributed by atoms with Crippen molar-refractivity contribution in [3.63, 3.8) is 0 Å². The maximum Gasteiger partial charge on any atom is 0.337 e. The van der Waals surface area contributed by atoms with Crippen LogP contribution in [-0.2, 0) is 21.5 Å². The second kappa shape index (κ2) is 10.3. The zero-order valence-electron chi connectivity index (χ0n) is 19.0. The molecule has 0 unspecified atom stereocenters. The molecule has 2 aromatic rings. The van der Waals surface area contributed by atoms with Crippen LogP contribution in [0.5, 0.6) is 0 Å². The summed E-state index contributed by atoms with van der Waals surface area (Å²) in [6, 6.07) is 18.6. The summed E-state index contributed by atoms with van der Waals surface area (Å²) in [4.78, 5) is 26.5. The number of hydrogen-bond acceptors (Lipinski definition) is 4. The van der Waals surface area contributed by atoms with E-state index in [-0.39, 0.29) is 11.4 Å². The van der Waals surface area contributed by atoms with Crippen LogP contribution in [0.2, 0.25) is 0 Å². The van der Waals surface area contributed by atoms with Crippen molar-refractivity contribution in [1.29, 1.82) is 0 Å². The van der Waals surface area contributed by atoms with E-state index in [4.69, 9.17) is 4.74 Å². The highest BCUT2D eigenvalue weighted by Gasteiger charge is 2.41. The maximum atomic E-state index is 12.8. The van der Waals surface area contributed by atoms with E-state index in [1.54, 1.807) is 12.1 Å². The lowest BCUT2D eigenvalue weighted by molar-refractivity contribution is -0.129. The van der Waals surface area contributed by atoms with Gasteiger partial charge in [-0.1, -0.05) is 55.3 Å². The van der Waals surface area contributed by atoms with Crippen molar-refractivity contribution in [3.8, 4) is 0 Å². The molecule has 5 nitrogen and oxygen atoms in total. The van der Waals surface area contributed by atoms with Gasteiger partial charge in [0.2, 0.25) is 5.91 Å². The summed E-state index contributed by atoms with van der Waals surface area (Å²) in [6.07, 6.45) is 7.44. The fourth-order valence-electron chi connectivity index (χ4n) is 5.40. The first-order valence-electron chi connectivity index (χ1n) is 11.8. The Morgan fingerprint density at radius 1 is 1.09 bits per heavy atom. The van der Waals surface area contributed by atoms with Crippen molar-refractivity contribution in [3.05, 3.63) is 71.3 Å². The Bertz CT molecular complexity index is 904. The number of nitrogens with zero attached hydrogens (tertiary/aromatic N) is 1. The quantitative estimate of drug-likeness (QED) is 0.468. The van der Waals surface area contributed by atoms with E-state index in [0.29, 0.717) is 23.9 Å².